The number of rotatable bonds is 5. The molecule has 0 radical (unpaired) electrons. The fourth-order valence-electron chi connectivity index (χ4n) is 4.33. The van der Waals surface area contributed by atoms with Gasteiger partial charge < -0.3 is 0 Å². The van der Waals surface area contributed by atoms with Crippen LogP contribution in [0.15, 0.2) is 83.1 Å². The molecule has 4 heterocycles. The number of non-ortho nitro benzene ring substituents is 1. The van der Waals surface area contributed by atoms with Gasteiger partial charge in [-0.15, -0.1) is 11.3 Å². The molecule has 0 saturated heterocycles. The van der Waals surface area contributed by atoms with Gasteiger partial charge in [0.15, 0.2) is 0 Å². The van der Waals surface area contributed by atoms with E-state index in [0.29, 0.717) is 27.0 Å². The average Bonchev–Trinajstić information content (AvgIpc) is 3.51. The van der Waals surface area contributed by atoms with Crippen molar-refractivity contribution in [3.63, 3.8) is 0 Å². The lowest BCUT2D eigenvalue weighted by Crippen LogP contribution is -2.15. The first-order chi connectivity index (χ1) is 18.4. The summed E-state index contributed by atoms with van der Waals surface area (Å²) in [5, 5.41) is 21.1. The van der Waals surface area contributed by atoms with Gasteiger partial charge in [0.25, 0.3) is 11.2 Å². The van der Waals surface area contributed by atoms with Gasteiger partial charge in [0.05, 0.1) is 22.3 Å². The maximum absolute atomic E-state index is 13.3. The van der Waals surface area contributed by atoms with Gasteiger partial charge in [-0.05, 0) is 49.7 Å². The number of aryl methyl sites for hydroxylation is 2. The van der Waals surface area contributed by atoms with Gasteiger partial charge in [-0.1, -0.05) is 18.2 Å². The fourth-order valence-corrected chi connectivity index (χ4v) is 5.50. The number of hydrogen-bond donors (Lipinski definition) is 0. The molecule has 0 saturated carbocycles. The first-order valence-electron chi connectivity index (χ1n) is 11.6. The smallest absolute Gasteiger partial charge is 0.266 e. The van der Waals surface area contributed by atoms with E-state index in [1.807, 2.05) is 50.2 Å². The number of thiophene rings is 1. The Bertz CT molecular complexity index is 1940. The van der Waals surface area contributed by atoms with Gasteiger partial charge in [-0.3, -0.25) is 14.9 Å². The highest BCUT2D eigenvalue weighted by Gasteiger charge is 2.16. The molecule has 0 amide bonds. The Hall–Kier alpha value is -5.03. The normalized spacial score (nSPS) is 11.6. The van der Waals surface area contributed by atoms with E-state index in [1.54, 1.807) is 29.2 Å². The number of hydrogen-bond acceptors (Lipinski definition) is 8. The Kier molecular flexibility index (Phi) is 5.61. The molecule has 0 spiro atoms. The van der Waals surface area contributed by atoms with Gasteiger partial charge in [0.1, 0.15) is 21.6 Å². The van der Waals surface area contributed by atoms with Gasteiger partial charge in [0, 0.05) is 40.5 Å². The molecule has 0 unspecified atom stereocenters. The highest BCUT2D eigenvalue weighted by molar-refractivity contribution is 7.25. The van der Waals surface area contributed by atoms with Crippen molar-refractivity contribution in [3.05, 3.63) is 110 Å². The molecule has 0 atom stereocenters. The SMILES string of the molecule is Cc1cc(C)c2c(n1)sc1c(=O)n(N=Cc3cn(-c4ccccc4)nc3-c3ccc([N+](=O)[O-])cc3)cnc12. The molecular weight excluding hydrogens is 502 g/mol. The minimum Gasteiger partial charge on any atom is -0.266 e. The van der Waals surface area contributed by atoms with Crippen LogP contribution in [0.3, 0.4) is 0 Å². The van der Waals surface area contributed by atoms with Gasteiger partial charge in [-0.2, -0.15) is 14.9 Å². The van der Waals surface area contributed by atoms with Crippen molar-refractivity contribution in [1.82, 2.24) is 24.4 Å². The lowest BCUT2D eigenvalue weighted by Gasteiger charge is -2.01. The highest BCUT2D eigenvalue weighted by Crippen LogP contribution is 2.31. The molecule has 6 aromatic rings. The van der Waals surface area contributed by atoms with Crippen molar-refractivity contribution in [1.29, 1.82) is 0 Å². The van der Waals surface area contributed by atoms with Crippen molar-refractivity contribution >= 4 is 43.7 Å². The second-order valence-corrected chi connectivity index (χ2v) is 9.70. The number of benzene rings is 2. The molecule has 11 heteroatoms. The van der Waals surface area contributed by atoms with Gasteiger partial charge in [-0.25, -0.2) is 14.6 Å². The largest absolute Gasteiger partial charge is 0.291 e. The zero-order chi connectivity index (χ0) is 26.4. The predicted octanol–water partition coefficient (Wildman–Crippen LogP) is 5.27. The van der Waals surface area contributed by atoms with Crippen LogP contribution in [0.2, 0.25) is 0 Å². The van der Waals surface area contributed by atoms with Crippen molar-refractivity contribution in [2.75, 3.05) is 0 Å². The number of fused-ring (bicyclic) bond motifs is 3. The molecule has 0 N–H and O–H groups in total. The molecule has 6 rings (SSSR count). The molecule has 10 nitrogen and oxygen atoms in total. The molecule has 38 heavy (non-hydrogen) atoms. The maximum Gasteiger partial charge on any atom is 0.291 e. The summed E-state index contributed by atoms with van der Waals surface area (Å²) in [6, 6.07) is 17.7. The van der Waals surface area contributed by atoms with Crippen molar-refractivity contribution in [2.45, 2.75) is 13.8 Å². The van der Waals surface area contributed by atoms with E-state index in [0.717, 1.165) is 27.2 Å². The van der Waals surface area contributed by atoms with E-state index in [1.165, 1.54) is 34.5 Å². The molecule has 0 bridgehead atoms. The van der Waals surface area contributed by atoms with Crippen LogP contribution in [0.4, 0.5) is 5.69 Å². The van der Waals surface area contributed by atoms with Crippen LogP contribution in [0.1, 0.15) is 16.8 Å². The Morgan fingerprint density at radius 1 is 1.08 bits per heavy atom. The maximum atomic E-state index is 13.3. The second kappa shape index (κ2) is 9.12. The van der Waals surface area contributed by atoms with Crippen LogP contribution in [0, 0.1) is 24.0 Å². The molecule has 0 fully saturated rings. The van der Waals surface area contributed by atoms with Crippen molar-refractivity contribution < 1.29 is 4.92 Å². The summed E-state index contributed by atoms with van der Waals surface area (Å²) in [5.74, 6) is 0. The van der Waals surface area contributed by atoms with Gasteiger partial charge >= 0.3 is 0 Å². The second-order valence-electron chi connectivity index (χ2n) is 8.70. The standard InChI is InChI=1S/C27H19N7O3S/c1-16-12-17(2)30-26-22(16)24-25(38-26)27(35)33(15-28-24)29-13-19-14-32(20-6-4-3-5-7-20)31-23(19)18-8-10-21(11-9-18)34(36)37/h3-15H,1-2H3. The van der Waals surface area contributed by atoms with Crippen LogP contribution in [-0.2, 0) is 0 Å². The van der Waals surface area contributed by atoms with Crippen LogP contribution >= 0.6 is 11.3 Å². The monoisotopic (exact) mass is 521 g/mol. The summed E-state index contributed by atoms with van der Waals surface area (Å²) in [6.45, 7) is 3.91. The first-order valence-corrected chi connectivity index (χ1v) is 12.4. The molecule has 4 aromatic heterocycles. The van der Waals surface area contributed by atoms with E-state index in [4.69, 9.17) is 5.10 Å². The highest BCUT2D eigenvalue weighted by atomic mass is 32.1. The zero-order valence-corrected chi connectivity index (χ0v) is 21.1. The minimum atomic E-state index is -0.448. The quantitative estimate of drug-likeness (QED) is 0.173. The van der Waals surface area contributed by atoms with Crippen LogP contribution < -0.4 is 5.56 Å². The Morgan fingerprint density at radius 3 is 2.58 bits per heavy atom. The molecule has 0 aliphatic rings. The molecule has 0 aliphatic carbocycles. The third kappa shape index (κ3) is 4.04. The number of pyridine rings is 1. The lowest BCUT2D eigenvalue weighted by atomic mass is 10.1. The van der Waals surface area contributed by atoms with Crippen molar-refractivity contribution in [3.8, 4) is 16.9 Å². The molecule has 186 valence electrons. The topological polar surface area (TPSA) is 121 Å². The number of nitro benzene ring substituents is 1. The molecule has 0 aliphatic heterocycles. The third-order valence-corrected chi connectivity index (χ3v) is 7.16. The number of para-hydroxylation sites is 1. The summed E-state index contributed by atoms with van der Waals surface area (Å²) in [5.41, 5.74) is 4.91. The van der Waals surface area contributed by atoms with E-state index in [2.05, 4.69) is 15.1 Å². The summed E-state index contributed by atoms with van der Waals surface area (Å²) in [4.78, 5) is 33.8. The summed E-state index contributed by atoms with van der Waals surface area (Å²) in [6.07, 6.45) is 4.74. The first kappa shape index (κ1) is 23.4. The molecule has 2 aromatic carbocycles. The predicted molar refractivity (Wildman–Crippen MR) is 147 cm³/mol. The summed E-state index contributed by atoms with van der Waals surface area (Å²) >= 11 is 1.31. The molecular formula is C27H19N7O3S. The average molecular weight is 522 g/mol. The Balaban J connectivity index is 1.45. The lowest BCUT2D eigenvalue weighted by molar-refractivity contribution is -0.384. The van der Waals surface area contributed by atoms with Crippen LogP contribution in [0.25, 0.3) is 37.4 Å². The third-order valence-electron chi connectivity index (χ3n) is 6.10. The zero-order valence-electron chi connectivity index (χ0n) is 20.3. The van der Waals surface area contributed by atoms with E-state index in [9.17, 15) is 14.9 Å². The van der Waals surface area contributed by atoms with Crippen LogP contribution in [-0.4, -0.2) is 35.6 Å². The van der Waals surface area contributed by atoms with Crippen molar-refractivity contribution in [2.24, 2.45) is 5.10 Å². The van der Waals surface area contributed by atoms with E-state index in [-0.39, 0.29) is 11.2 Å². The van der Waals surface area contributed by atoms with Crippen LogP contribution in [0.5, 0.6) is 0 Å². The Labute approximate surface area is 219 Å². The van der Waals surface area contributed by atoms with E-state index < -0.39 is 4.92 Å². The summed E-state index contributed by atoms with van der Waals surface area (Å²) in [7, 11) is 0. The minimum absolute atomic E-state index is 0.0133. The number of nitrogens with zero attached hydrogens (tertiary/aromatic N) is 7. The van der Waals surface area contributed by atoms with E-state index >= 15 is 0 Å². The van der Waals surface area contributed by atoms with Gasteiger partial charge in [0.2, 0.25) is 0 Å². The number of aromatic nitrogens is 5. The Morgan fingerprint density at radius 2 is 1.84 bits per heavy atom. The summed E-state index contributed by atoms with van der Waals surface area (Å²) < 4.78 is 3.38. The fraction of sp³-hybridized carbons (Fsp3) is 0.0741. The number of nitro groups is 1.